The minimum Gasteiger partial charge on any atom is -0.431 e. The van der Waals surface area contributed by atoms with E-state index in [4.69, 9.17) is 21.6 Å². The van der Waals surface area contributed by atoms with Crippen LogP contribution in [0.4, 0.5) is 14.9 Å². The molecular weight excluding hydrogens is 425 g/mol. The number of rotatable bonds is 4. The van der Waals surface area contributed by atoms with Crippen LogP contribution in [0.15, 0.2) is 59.4 Å². The molecular formula is C21H15ClFN5O3. The third-order valence-electron chi connectivity index (χ3n) is 4.69. The van der Waals surface area contributed by atoms with Crippen LogP contribution < -0.4 is 5.32 Å². The molecule has 156 valence electrons. The summed E-state index contributed by atoms with van der Waals surface area (Å²) in [6.07, 6.45) is 1.21. The molecule has 0 fully saturated rings. The molecule has 4 rings (SSSR count). The number of carbonyl (C=O) groups excluding carboxylic acids is 2. The highest BCUT2D eigenvalue weighted by Crippen LogP contribution is 2.23. The zero-order valence-electron chi connectivity index (χ0n) is 16.0. The highest BCUT2D eigenvalue weighted by Gasteiger charge is 2.33. The van der Waals surface area contributed by atoms with Crippen LogP contribution >= 0.6 is 11.6 Å². The van der Waals surface area contributed by atoms with Crippen LogP contribution in [-0.4, -0.2) is 40.8 Å². The van der Waals surface area contributed by atoms with Gasteiger partial charge in [0.15, 0.2) is 0 Å². The Hall–Kier alpha value is -3.90. The van der Waals surface area contributed by atoms with E-state index in [1.54, 1.807) is 18.2 Å². The Bertz CT molecular complexity index is 1170. The van der Waals surface area contributed by atoms with Crippen molar-refractivity contribution in [1.82, 2.24) is 9.80 Å². The van der Waals surface area contributed by atoms with Crippen molar-refractivity contribution in [2.24, 2.45) is 4.99 Å². The monoisotopic (exact) mass is 439 g/mol. The molecule has 31 heavy (non-hydrogen) atoms. The fourth-order valence-electron chi connectivity index (χ4n) is 3.16. The van der Waals surface area contributed by atoms with Gasteiger partial charge >= 0.3 is 12.1 Å². The van der Waals surface area contributed by atoms with E-state index in [9.17, 15) is 14.0 Å². The molecule has 0 aliphatic carbocycles. The van der Waals surface area contributed by atoms with Gasteiger partial charge in [-0.1, -0.05) is 23.7 Å². The number of halogens is 2. The molecule has 2 aromatic carbocycles. The third kappa shape index (κ3) is 4.34. The number of benzene rings is 2. The Labute approximate surface area is 181 Å². The first-order chi connectivity index (χ1) is 14.9. The maximum atomic E-state index is 13.3. The number of nitriles is 1. The van der Waals surface area contributed by atoms with Crippen molar-refractivity contribution in [3.8, 4) is 6.07 Å². The van der Waals surface area contributed by atoms with Crippen LogP contribution in [0.1, 0.15) is 11.1 Å². The quantitative estimate of drug-likeness (QED) is 0.786. The van der Waals surface area contributed by atoms with Gasteiger partial charge in [-0.15, -0.1) is 4.99 Å². The molecule has 0 unspecified atom stereocenters. The normalized spacial score (nSPS) is 15.3. The number of amides is 3. The van der Waals surface area contributed by atoms with Gasteiger partial charge in [-0.05, 0) is 35.9 Å². The van der Waals surface area contributed by atoms with Crippen molar-refractivity contribution >= 4 is 35.2 Å². The molecule has 0 aromatic heterocycles. The summed E-state index contributed by atoms with van der Waals surface area (Å²) >= 11 is 5.75. The number of fused-ring (bicyclic) bond motifs is 1. The van der Waals surface area contributed by atoms with Gasteiger partial charge in [0, 0.05) is 25.3 Å². The summed E-state index contributed by atoms with van der Waals surface area (Å²) in [5.74, 6) is -1.11. The number of carbonyl (C=O) groups is 2. The number of hydrogen-bond donors (Lipinski definition) is 1. The number of nitrogens with one attached hydrogen (secondary N) is 1. The summed E-state index contributed by atoms with van der Waals surface area (Å²) in [6.45, 7) is 0.809. The molecule has 2 aromatic rings. The number of aliphatic imine (C=N–C) groups is 1. The molecule has 2 aliphatic rings. The smallest absolute Gasteiger partial charge is 0.348 e. The number of hydrogen-bond acceptors (Lipinski definition) is 5. The fraction of sp³-hybridized carbons (Fsp3) is 0.143. The average Bonchev–Trinajstić information content (AvgIpc) is 3.09. The van der Waals surface area contributed by atoms with E-state index in [2.05, 4.69) is 16.4 Å². The first kappa shape index (κ1) is 20.4. The number of amidine groups is 1. The third-order valence-corrected chi connectivity index (χ3v) is 4.98. The summed E-state index contributed by atoms with van der Waals surface area (Å²) < 4.78 is 18.7. The number of anilines is 1. The summed E-state index contributed by atoms with van der Waals surface area (Å²) in [7, 11) is 0. The molecule has 0 spiro atoms. The molecule has 0 atom stereocenters. The Morgan fingerprint density at radius 1 is 1.29 bits per heavy atom. The predicted molar refractivity (Wildman–Crippen MR) is 110 cm³/mol. The second-order valence-corrected chi connectivity index (χ2v) is 7.17. The van der Waals surface area contributed by atoms with Crippen LogP contribution in [0, 0.1) is 17.1 Å². The Balaban J connectivity index is 1.46. The molecule has 8 nitrogen and oxygen atoms in total. The van der Waals surface area contributed by atoms with Crippen LogP contribution in [0.5, 0.6) is 0 Å². The number of urea groups is 1. The van der Waals surface area contributed by atoms with Crippen molar-refractivity contribution in [2.45, 2.75) is 6.54 Å². The van der Waals surface area contributed by atoms with Crippen LogP contribution in [-0.2, 0) is 16.1 Å². The zero-order valence-corrected chi connectivity index (χ0v) is 16.8. The lowest BCUT2D eigenvalue weighted by Gasteiger charge is -2.21. The zero-order chi connectivity index (χ0) is 22.0. The van der Waals surface area contributed by atoms with E-state index >= 15 is 0 Å². The summed E-state index contributed by atoms with van der Waals surface area (Å²) in [4.78, 5) is 32.2. The van der Waals surface area contributed by atoms with Crippen molar-refractivity contribution in [1.29, 1.82) is 5.26 Å². The van der Waals surface area contributed by atoms with Crippen molar-refractivity contribution in [3.63, 3.8) is 0 Å². The largest absolute Gasteiger partial charge is 0.431 e. The van der Waals surface area contributed by atoms with E-state index in [0.29, 0.717) is 11.3 Å². The molecule has 1 N–H and O–H groups in total. The Morgan fingerprint density at radius 2 is 2.13 bits per heavy atom. The SMILES string of the molecule is N#Cc1cccc(CN2CCN3C(C(=O)Nc4ccc(F)c(Cl)c4)=COC3=NC2=O)c1. The highest BCUT2D eigenvalue weighted by molar-refractivity contribution is 6.31. The molecule has 2 heterocycles. The van der Waals surface area contributed by atoms with Gasteiger partial charge in [-0.25, -0.2) is 9.18 Å². The molecule has 0 bridgehead atoms. The maximum absolute atomic E-state index is 13.3. The van der Waals surface area contributed by atoms with E-state index < -0.39 is 17.8 Å². The van der Waals surface area contributed by atoms with Gasteiger partial charge in [-0.2, -0.15) is 5.26 Å². The van der Waals surface area contributed by atoms with Crippen LogP contribution in [0.3, 0.4) is 0 Å². The summed E-state index contributed by atoms with van der Waals surface area (Å²) in [5.41, 5.74) is 1.75. The highest BCUT2D eigenvalue weighted by atomic mass is 35.5. The molecule has 0 saturated heterocycles. The number of nitrogens with zero attached hydrogens (tertiary/aromatic N) is 4. The lowest BCUT2D eigenvalue weighted by Crippen LogP contribution is -2.36. The van der Waals surface area contributed by atoms with Crippen molar-refractivity contribution in [3.05, 3.63) is 76.4 Å². The van der Waals surface area contributed by atoms with Gasteiger partial charge in [0.1, 0.15) is 17.8 Å². The van der Waals surface area contributed by atoms with Crippen LogP contribution in [0.25, 0.3) is 0 Å². The first-order valence-electron chi connectivity index (χ1n) is 9.22. The van der Waals surface area contributed by atoms with Crippen molar-refractivity contribution < 1.29 is 18.7 Å². The van der Waals surface area contributed by atoms with E-state index in [1.165, 1.54) is 28.2 Å². The minimum atomic E-state index is -0.594. The number of ether oxygens (including phenoxy) is 1. The fourth-order valence-corrected chi connectivity index (χ4v) is 3.34. The molecule has 0 saturated carbocycles. The van der Waals surface area contributed by atoms with Gasteiger partial charge in [0.05, 0.1) is 16.7 Å². The first-order valence-corrected chi connectivity index (χ1v) is 9.60. The minimum absolute atomic E-state index is 0.000522. The van der Waals surface area contributed by atoms with E-state index in [-0.39, 0.29) is 36.4 Å². The Morgan fingerprint density at radius 3 is 2.90 bits per heavy atom. The maximum Gasteiger partial charge on any atom is 0.348 e. The lowest BCUT2D eigenvalue weighted by molar-refractivity contribution is -0.113. The molecule has 2 aliphatic heterocycles. The topological polar surface area (TPSA) is 98.0 Å². The van der Waals surface area contributed by atoms with Crippen LogP contribution in [0.2, 0.25) is 5.02 Å². The second-order valence-electron chi connectivity index (χ2n) is 6.77. The van der Waals surface area contributed by atoms with Gasteiger partial charge in [0.25, 0.3) is 5.91 Å². The summed E-state index contributed by atoms with van der Waals surface area (Å²) in [5, 5.41) is 11.5. The average molecular weight is 440 g/mol. The molecule has 3 amide bonds. The summed E-state index contributed by atoms with van der Waals surface area (Å²) in [6, 6.07) is 12.3. The van der Waals surface area contributed by atoms with E-state index in [1.807, 2.05) is 6.07 Å². The van der Waals surface area contributed by atoms with E-state index in [0.717, 1.165) is 11.6 Å². The standard InChI is InChI=1S/C21H15ClFN5O3/c22-16-9-15(4-5-17(16)23)25-19(29)18-12-31-21-26-20(30)27(6-7-28(18)21)11-14-3-1-2-13(8-14)10-24/h1-5,8-9,12H,6-7,11H2,(H,25,29). The van der Waals surface area contributed by atoms with Gasteiger partial charge in [0.2, 0.25) is 0 Å². The lowest BCUT2D eigenvalue weighted by atomic mass is 10.1. The molecule has 0 radical (unpaired) electrons. The van der Waals surface area contributed by atoms with Crippen molar-refractivity contribution in [2.75, 3.05) is 18.4 Å². The second kappa shape index (κ2) is 8.45. The van der Waals surface area contributed by atoms with Gasteiger partial charge in [-0.3, -0.25) is 9.69 Å². The Kier molecular flexibility index (Phi) is 5.56. The van der Waals surface area contributed by atoms with Gasteiger partial charge < -0.3 is 15.0 Å². The predicted octanol–water partition coefficient (Wildman–Crippen LogP) is 3.45. The molecule has 10 heteroatoms.